The highest BCUT2D eigenvalue weighted by Crippen LogP contribution is 2.32. The van der Waals surface area contributed by atoms with Gasteiger partial charge in [-0.25, -0.2) is 9.78 Å². The molecule has 2 N–H and O–H groups in total. The van der Waals surface area contributed by atoms with Gasteiger partial charge in [-0.2, -0.15) is 0 Å². The Morgan fingerprint density at radius 3 is 2.74 bits per heavy atom. The van der Waals surface area contributed by atoms with Crippen molar-refractivity contribution >= 4 is 34.8 Å². The van der Waals surface area contributed by atoms with E-state index >= 15 is 0 Å². The van der Waals surface area contributed by atoms with E-state index in [-0.39, 0.29) is 17.4 Å². The summed E-state index contributed by atoms with van der Waals surface area (Å²) in [4.78, 5) is 37.4. The van der Waals surface area contributed by atoms with Gasteiger partial charge in [0.15, 0.2) is 0 Å². The van der Waals surface area contributed by atoms with Gasteiger partial charge in [-0.05, 0) is 17.9 Å². The standard InChI is InChI=1S/C22H31N5O3S/c1-5-6-7-20(28)24-15-10-17(31-14-15)16-11-23-12-19(25-16)26-8-9-27(21(29)30)18(13-26)22(2,3)4/h10-12,14,18H,5-9,13H2,1-4H3,(H,24,28)(H,29,30). The fourth-order valence-corrected chi connectivity index (χ4v) is 4.48. The number of carboxylic acid groups (broad SMARTS) is 1. The van der Waals surface area contributed by atoms with E-state index in [1.165, 1.54) is 16.2 Å². The van der Waals surface area contributed by atoms with Crippen LogP contribution in [0.1, 0.15) is 47.0 Å². The third kappa shape index (κ3) is 5.72. The summed E-state index contributed by atoms with van der Waals surface area (Å²) in [6.45, 7) is 9.80. The van der Waals surface area contributed by atoms with E-state index in [0.717, 1.165) is 34.9 Å². The van der Waals surface area contributed by atoms with Crippen LogP contribution in [-0.2, 0) is 4.79 Å². The van der Waals surface area contributed by atoms with Crippen LogP contribution >= 0.6 is 11.3 Å². The fraction of sp³-hybridized carbons (Fsp3) is 0.545. The van der Waals surface area contributed by atoms with Crippen molar-refractivity contribution in [3.63, 3.8) is 0 Å². The van der Waals surface area contributed by atoms with Crippen LogP contribution in [0.3, 0.4) is 0 Å². The Balaban J connectivity index is 1.75. The second-order valence-electron chi connectivity index (χ2n) is 8.92. The molecule has 2 amide bonds. The van der Waals surface area contributed by atoms with Crippen LogP contribution in [0.4, 0.5) is 16.3 Å². The largest absolute Gasteiger partial charge is 0.465 e. The molecule has 1 fully saturated rings. The summed E-state index contributed by atoms with van der Waals surface area (Å²) in [6.07, 6.45) is 4.94. The molecule has 0 aromatic carbocycles. The molecule has 1 saturated heterocycles. The second kappa shape index (κ2) is 9.64. The lowest BCUT2D eigenvalue weighted by Crippen LogP contribution is -2.59. The molecule has 0 saturated carbocycles. The Labute approximate surface area is 187 Å². The van der Waals surface area contributed by atoms with Crippen molar-refractivity contribution < 1.29 is 14.7 Å². The highest BCUT2D eigenvalue weighted by atomic mass is 32.1. The molecule has 31 heavy (non-hydrogen) atoms. The maximum Gasteiger partial charge on any atom is 0.407 e. The van der Waals surface area contributed by atoms with Crippen molar-refractivity contribution in [3.05, 3.63) is 23.8 Å². The number of nitrogens with one attached hydrogen (secondary N) is 1. The van der Waals surface area contributed by atoms with Crippen molar-refractivity contribution in [2.45, 2.75) is 53.0 Å². The van der Waals surface area contributed by atoms with Gasteiger partial charge in [0, 0.05) is 31.4 Å². The number of unbranched alkanes of at least 4 members (excludes halogenated alkanes) is 1. The van der Waals surface area contributed by atoms with Gasteiger partial charge in [0.1, 0.15) is 11.5 Å². The van der Waals surface area contributed by atoms with E-state index in [2.05, 4.69) is 42.9 Å². The average molecular weight is 446 g/mol. The highest BCUT2D eigenvalue weighted by Gasteiger charge is 2.38. The van der Waals surface area contributed by atoms with Gasteiger partial charge in [0.05, 0.1) is 29.0 Å². The number of rotatable bonds is 6. The Bertz CT molecular complexity index is 924. The monoisotopic (exact) mass is 445 g/mol. The molecule has 1 aliphatic heterocycles. The van der Waals surface area contributed by atoms with Gasteiger partial charge < -0.3 is 20.2 Å². The lowest BCUT2D eigenvalue weighted by Gasteiger charge is -2.46. The number of amides is 2. The minimum Gasteiger partial charge on any atom is -0.465 e. The number of nitrogens with zero attached hydrogens (tertiary/aromatic N) is 4. The maximum atomic E-state index is 12.0. The van der Waals surface area contributed by atoms with E-state index in [1.54, 1.807) is 12.4 Å². The quantitative estimate of drug-likeness (QED) is 0.677. The van der Waals surface area contributed by atoms with E-state index < -0.39 is 6.09 Å². The molecule has 9 heteroatoms. The smallest absolute Gasteiger partial charge is 0.407 e. The van der Waals surface area contributed by atoms with Gasteiger partial charge in [-0.1, -0.05) is 34.1 Å². The number of thiophene rings is 1. The molecule has 2 aromatic rings. The number of piperazine rings is 1. The van der Waals surface area contributed by atoms with Crippen molar-refractivity contribution in [1.82, 2.24) is 14.9 Å². The molecule has 2 aromatic heterocycles. The van der Waals surface area contributed by atoms with Gasteiger partial charge in [0.2, 0.25) is 5.91 Å². The van der Waals surface area contributed by atoms with Crippen LogP contribution in [0.2, 0.25) is 0 Å². The van der Waals surface area contributed by atoms with Gasteiger partial charge >= 0.3 is 6.09 Å². The molecule has 0 aliphatic carbocycles. The Morgan fingerprint density at radius 2 is 2.06 bits per heavy atom. The van der Waals surface area contributed by atoms with Crippen LogP contribution in [0.5, 0.6) is 0 Å². The van der Waals surface area contributed by atoms with Gasteiger partial charge in [-0.3, -0.25) is 9.78 Å². The zero-order valence-electron chi connectivity index (χ0n) is 18.6. The van der Waals surface area contributed by atoms with Crippen molar-refractivity contribution in [1.29, 1.82) is 0 Å². The second-order valence-corrected chi connectivity index (χ2v) is 9.83. The summed E-state index contributed by atoms with van der Waals surface area (Å²) < 4.78 is 0. The highest BCUT2D eigenvalue weighted by molar-refractivity contribution is 7.14. The molecule has 0 spiro atoms. The lowest BCUT2D eigenvalue weighted by molar-refractivity contribution is -0.116. The molecule has 1 unspecified atom stereocenters. The van der Waals surface area contributed by atoms with E-state index in [0.29, 0.717) is 26.1 Å². The number of aromatic nitrogens is 2. The molecule has 0 radical (unpaired) electrons. The average Bonchev–Trinajstić information content (AvgIpc) is 3.19. The maximum absolute atomic E-state index is 12.0. The van der Waals surface area contributed by atoms with Crippen LogP contribution in [0.15, 0.2) is 23.8 Å². The number of hydrogen-bond acceptors (Lipinski definition) is 6. The first-order valence-corrected chi connectivity index (χ1v) is 11.5. The third-order valence-electron chi connectivity index (χ3n) is 5.46. The number of hydrogen-bond donors (Lipinski definition) is 2. The normalized spacial score (nSPS) is 17.0. The summed E-state index contributed by atoms with van der Waals surface area (Å²) in [7, 11) is 0. The summed E-state index contributed by atoms with van der Waals surface area (Å²) >= 11 is 1.51. The third-order valence-corrected chi connectivity index (χ3v) is 6.42. The first-order valence-electron chi connectivity index (χ1n) is 10.6. The molecular weight excluding hydrogens is 414 g/mol. The molecular formula is C22H31N5O3S. The zero-order chi connectivity index (χ0) is 22.6. The number of carbonyl (C=O) groups excluding carboxylic acids is 1. The summed E-state index contributed by atoms with van der Waals surface area (Å²) in [5, 5.41) is 14.4. The van der Waals surface area contributed by atoms with Crippen LogP contribution in [-0.4, -0.2) is 57.7 Å². The van der Waals surface area contributed by atoms with Crippen molar-refractivity contribution in [3.8, 4) is 10.6 Å². The van der Waals surface area contributed by atoms with Crippen LogP contribution < -0.4 is 10.2 Å². The minimum atomic E-state index is -0.883. The first kappa shape index (κ1) is 23.0. The molecule has 3 rings (SSSR count). The minimum absolute atomic E-state index is 0.0237. The summed E-state index contributed by atoms with van der Waals surface area (Å²) in [5.74, 6) is 0.759. The molecule has 1 aliphatic rings. The zero-order valence-corrected chi connectivity index (χ0v) is 19.4. The molecule has 3 heterocycles. The summed E-state index contributed by atoms with van der Waals surface area (Å²) in [6, 6.07) is 1.78. The predicted octanol–water partition coefficient (Wildman–Crippen LogP) is 4.55. The fourth-order valence-electron chi connectivity index (χ4n) is 3.68. The van der Waals surface area contributed by atoms with Crippen LogP contribution in [0, 0.1) is 5.41 Å². The van der Waals surface area contributed by atoms with E-state index in [9.17, 15) is 14.7 Å². The predicted molar refractivity (Wildman–Crippen MR) is 124 cm³/mol. The summed E-state index contributed by atoms with van der Waals surface area (Å²) in [5.41, 5.74) is 1.32. The molecule has 1 atom stereocenters. The first-order chi connectivity index (χ1) is 14.7. The molecule has 8 nitrogen and oxygen atoms in total. The molecule has 0 bridgehead atoms. The van der Waals surface area contributed by atoms with Gasteiger partial charge in [0.25, 0.3) is 0 Å². The van der Waals surface area contributed by atoms with Crippen LogP contribution in [0.25, 0.3) is 10.6 Å². The van der Waals surface area contributed by atoms with Gasteiger partial charge in [-0.15, -0.1) is 11.3 Å². The Kier molecular flexibility index (Phi) is 7.15. The Hall–Kier alpha value is -2.68. The molecule has 168 valence electrons. The number of anilines is 2. The lowest BCUT2D eigenvalue weighted by atomic mass is 9.84. The van der Waals surface area contributed by atoms with E-state index in [1.807, 2.05) is 11.4 Å². The Morgan fingerprint density at radius 1 is 1.29 bits per heavy atom. The van der Waals surface area contributed by atoms with E-state index in [4.69, 9.17) is 4.98 Å². The van der Waals surface area contributed by atoms with Crippen molar-refractivity contribution in [2.24, 2.45) is 5.41 Å². The SMILES string of the molecule is CCCCC(=O)Nc1csc(-c2cncc(N3CCN(C(=O)O)C(C(C)(C)C)C3)n2)c1. The number of carbonyl (C=O) groups is 2. The van der Waals surface area contributed by atoms with Crippen molar-refractivity contribution in [2.75, 3.05) is 29.9 Å². The topological polar surface area (TPSA) is 98.7 Å².